The molecule has 0 unspecified atom stereocenters. The lowest BCUT2D eigenvalue weighted by atomic mass is 9.96. The maximum Gasteiger partial charge on any atom is 0.251 e. The molecule has 1 aliphatic heterocycles. The van der Waals surface area contributed by atoms with Gasteiger partial charge in [-0.15, -0.1) is 0 Å². The van der Waals surface area contributed by atoms with E-state index in [0.717, 1.165) is 50.1 Å². The Balaban J connectivity index is 1.43. The number of rotatable bonds is 5. The predicted octanol–water partition coefficient (Wildman–Crippen LogP) is 3.34. The number of likely N-dealkylation sites (tertiary alicyclic amines) is 1. The van der Waals surface area contributed by atoms with Gasteiger partial charge in [0.25, 0.3) is 5.91 Å². The van der Waals surface area contributed by atoms with Gasteiger partial charge in [-0.25, -0.2) is 0 Å². The normalized spacial score (nSPS) is 15.9. The lowest BCUT2D eigenvalue weighted by Crippen LogP contribution is -2.38. The Morgan fingerprint density at radius 3 is 2.52 bits per heavy atom. The van der Waals surface area contributed by atoms with Crippen LogP contribution in [0, 0.1) is 19.8 Å². The van der Waals surface area contributed by atoms with Crippen molar-refractivity contribution in [3.63, 3.8) is 0 Å². The summed E-state index contributed by atoms with van der Waals surface area (Å²) in [7, 11) is 0. The molecule has 1 aliphatic rings. The van der Waals surface area contributed by atoms with Gasteiger partial charge in [0.05, 0.1) is 0 Å². The van der Waals surface area contributed by atoms with Crippen molar-refractivity contribution in [3.8, 4) is 0 Å². The minimum Gasteiger partial charge on any atom is -0.352 e. The zero-order valence-electron chi connectivity index (χ0n) is 15.2. The van der Waals surface area contributed by atoms with E-state index in [2.05, 4.69) is 34.3 Å². The molecule has 2 aromatic rings. The number of nitrogens with zero attached hydrogens (tertiary/aromatic N) is 2. The smallest absolute Gasteiger partial charge is 0.251 e. The third-order valence-electron chi connectivity index (χ3n) is 5.18. The van der Waals surface area contributed by atoms with Crippen LogP contribution in [0.25, 0.3) is 0 Å². The molecule has 2 heterocycles. The molecule has 0 radical (unpaired) electrons. The summed E-state index contributed by atoms with van der Waals surface area (Å²) in [5.41, 5.74) is 4.46. The minimum absolute atomic E-state index is 0.0438. The molecule has 3 rings (SSSR count). The fourth-order valence-corrected chi connectivity index (χ4v) is 3.32. The number of benzene rings is 1. The predicted molar refractivity (Wildman–Crippen MR) is 100 cm³/mol. The Hall–Kier alpha value is -2.20. The molecule has 4 heteroatoms. The van der Waals surface area contributed by atoms with Crippen LogP contribution in [0.15, 0.2) is 42.7 Å². The molecule has 0 aliphatic carbocycles. The topological polar surface area (TPSA) is 45.2 Å². The Bertz CT molecular complexity index is 706. The van der Waals surface area contributed by atoms with Gasteiger partial charge in [0.2, 0.25) is 0 Å². The number of hydrogen-bond acceptors (Lipinski definition) is 3. The zero-order chi connectivity index (χ0) is 17.6. The largest absolute Gasteiger partial charge is 0.352 e. The highest BCUT2D eigenvalue weighted by atomic mass is 16.1. The van der Waals surface area contributed by atoms with Gasteiger partial charge in [0, 0.05) is 31.0 Å². The van der Waals surface area contributed by atoms with Crippen molar-refractivity contribution in [1.29, 1.82) is 0 Å². The second-order valence-corrected chi connectivity index (χ2v) is 7.08. The van der Waals surface area contributed by atoms with Gasteiger partial charge in [-0.2, -0.15) is 0 Å². The number of hydrogen-bond donors (Lipinski definition) is 1. The average molecular weight is 337 g/mol. The summed E-state index contributed by atoms with van der Waals surface area (Å²) in [6, 6.07) is 10.1. The number of aromatic nitrogens is 1. The van der Waals surface area contributed by atoms with Crippen LogP contribution < -0.4 is 5.32 Å². The van der Waals surface area contributed by atoms with Crippen LogP contribution in [0.2, 0.25) is 0 Å². The quantitative estimate of drug-likeness (QED) is 0.910. The number of carbonyl (C=O) groups is 1. The van der Waals surface area contributed by atoms with Crippen LogP contribution in [0.1, 0.15) is 39.9 Å². The standard InChI is InChI=1S/C21H27N3O/c1-16-3-4-20(13-17(16)2)21(25)23-14-18-7-11-24(12-8-18)15-19-5-9-22-10-6-19/h3-6,9-10,13,18H,7-8,11-12,14-15H2,1-2H3,(H,23,25). The van der Waals surface area contributed by atoms with Crippen molar-refractivity contribution < 1.29 is 4.79 Å². The molecule has 1 fully saturated rings. The van der Waals surface area contributed by atoms with Crippen LogP contribution in [0.5, 0.6) is 0 Å². The second kappa shape index (κ2) is 8.26. The molecule has 0 saturated carbocycles. The van der Waals surface area contributed by atoms with Crippen molar-refractivity contribution in [2.45, 2.75) is 33.2 Å². The molecule has 132 valence electrons. The first-order chi connectivity index (χ1) is 12.1. The van der Waals surface area contributed by atoms with Crippen molar-refractivity contribution in [2.75, 3.05) is 19.6 Å². The lowest BCUT2D eigenvalue weighted by Gasteiger charge is -2.32. The van der Waals surface area contributed by atoms with Gasteiger partial charge in [-0.05, 0) is 86.7 Å². The molecule has 1 N–H and O–H groups in total. The summed E-state index contributed by atoms with van der Waals surface area (Å²) in [6.07, 6.45) is 5.98. The van der Waals surface area contributed by atoms with Gasteiger partial charge in [-0.1, -0.05) is 6.07 Å². The van der Waals surface area contributed by atoms with Gasteiger partial charge in [-0.3, -0.25) is 14.7 Å². The fraction of sp³-hybridized carbons (Fsp3) is 0.429. The number of piperidine rings is 1. The Morgan fingerprint density at radius 2 is 1.84 bits per heavy atom. The summed E-state index contributed by atoms with van der Waals surface area (Å²) in [5.74, 6) is 0.617. The fourth-order valence-electron chi connectivity index (χ4n) is 3.32. The van der Waals surface area contributed by atoms with Crippen molar-refractivity contribution in [1.82, 2.24) is 15.2 Å². The van der Waals surface area contributed by atoms with E-state index in [-0.39, 0.29) is 5.91 Å². The zero-order valence-corrected chi connectivity index (χ0v) is 15.2. The Kier molecular flexibility index (Phi) is 5.82. The molecular weight excluding hydrogens is 310 g/mol. The van der Waals surface area contributed by atoms with E-state index in [4.69, 9.17) is 0 Å². The molecule has 1 aromatic carbocycles. The average Bonchev–Trinajstić information content (AvgIpc) is 2.64. The molecule has 0 bridgehead atoms. The molecule has 0 atom stereocenters. The van der Waals surface area contributed by atoms with Crippen LogP contribution in [-0.2, 0) is 6.54 Å². The van der Waals surface area contributed by atoms with E-state index in [9.17, 15) is 4.79 Å². The van der Waals surface area contributed by atoms with Crippen LogP contribution in [-0.4, -0.2) is 35.4 Å². The van der Waals surface area contributed by atoms with Crippen molar-refractivity contribution >= 4 is 5.91 Å². The summed E-state index contributed by atoms with van der Waals surface area (Å²) in [5, 5.41) is 3.11. The van der Waals surface area contributed by atoms with E-state index >= 15 is 0 Å². The number of carbonyl (C=O) groups excluding carboxylic acids is 1. The highest BCUT2D eigenvalue weighted by Gasteiger charge is 2.20. The SMILES string of the molecule is Cc1ccc(C(=O)NCC2CCN(Cc3ccncc3)CC2)cc1C. The Morgan fingerprint density at radius 1 is 1.12 bits per heavy atom. The summed E-state index contributed by atoms with van der Waals surface area (Å²) >= 11 is 0. The van der Waals surface area contributed by atoms with E-state index in [1.165, 1.54) is 11.1 Å². The lowest BCUT2D eigenvalue weighted by molar-refractivity contribution is 0.0935. The third-order valence-corrected chi connectivity index (χ3v) is 5.18. The first-order valence-corrected chi connectivity index (χ1v) is 9.08. The maximum atomic E-state index is 12.3. The number of pyridine rings is 1. The van der Waals surface area contributed by atoms with E-state index in [0.29, 0.717) is 5.92 Å². The molecule has 4 nitrogen and oxygen atoms in total. The highest BCUT2D eigenvalue weighted by Crippen LogP contribution is 2.18. The van der Waals surface area contributed by atoms with E-state index in [1.54, 1.807) is 0 Å². The first kappa shape index (κ1) is 17.6. The first-order valence-electron chi connectivity index (χ1n) is 9.08. The summed E-state index contributed by atoms with van der Waals surface area (Å²) in [6.45, 7) is 8.06. The van der Waals surface area contributed by atoms with Crippen LogP contribution in [0.4, 0.5) is 0 Å². The monoisotopic (exact) mass is 337 g/mol. The van der Waals surface area contributed by atoms with Gasteiger partial charge in [0.1, 0.15) is 0 Å². The van der Waals surface area contributed by atoms with E-state index < -0.39 is 0 Å². The van der Waals surface area contributed by atoms with Crippen molar-refractivity contribution in [2.24, 2.45) is 5.92 Å². The van der Waals surface area contributed by atoms with Gasteiger partial charge < -0.3 is 5.32 Å². The van der Waals surface area contributed by atoms with Crippen LogP contribution in [0.3, 0.4) is 0 Å². The van der Waals surface area contributed by atoms with Gasteiger partial charge in [0.15, 0.2) is 0 Å². The summed E-state index contributed by atoms with van der Waals surface area (Å²) in [4.78, 5) is 18.9. The highest BCUT2D eigenvalue weighted by molar-refractivity contribution is 5.94. The Labute approximate surface area is 150 Å². The number of aryl methyl sites for hydroxylation is 2. The molecule has 25 heavy (non-hydrogen) atoms. The maximum absolute atomic E-state index is 12.3. The van der Waals surface area contributed by atoms with Gasteiger partial charge >= 0.3 is 0 Å². The van der Waals surface area contributed by atoms with Crippen molar-refractivity contribution in [3.05, 3.63) is 65.0 Å². The van der Waals surface area contributed by atoms with Crippen LogP contribution >= 0.6 is 0 Å². The molecular formula is C21H27N3O. The third kappa shape index (κ3) is 4.89. The molecule has 1 amide bonds. The number of nitrogens with one attached hydrogen (secondary N) is 1. The van der Waals surface area contributed by atoms with E-state index in [1.807, 2.05) is 37.5 Å². The molecule has 1 aromatic heterocycles. The minimum atomic E-state index is 0.0438. The summed E-state index contributed by atoms with van der Waals surface area (Å²) < 4.78 is 0. The number of amides is 1. The molecule has 0 spiro atoms. The second-order valence-electron chi connectivity index (χ2n) is 7.08. The molecule has 1 saturated heterocycles.